The molecule has 82 valence electrons. The molecule has 1 aliphatic rings. The zero-order valence-electron chi connectivity index (χ0n) is 8.73. The molecule has 0 spiro atoms. The van der Waals surface area contributed by atoms with Crippen LogP contribution < -0.4 is 0 Å². The second kappa shape index (κ2) is 5.24. The topological polar surface area (TPSA) is 12.5 Å². The van der Waals surface area contributed by atoms with Gasteiger partial charge in [0.1, 0.15) is 6.67 Å². The van der Waals surface area contributed by atoms with Crippen LogP contribution in [0, 0.1) is 0 Å². The third kappa shape index (κ3) is 3.01. The Morgan fingerprint density at radius 3 is 2.67 bits per heavy atom. The average Bonchev–Trinajstić information content (AvgIpc) is 2.23. The molecule has 0 N–H and O–H groups in total. The van der Waals surface area contributed by atoms with Crippen LogP contribution in [0.4, 0.5) is 4.39 Å². The van der Waals surface area contributed by atoms with E-state index in [1.54, 1.807) is 0 Å². The Labute approximate surface area is 89.7 Å². The summed E-state index contributed by atoms with van der Waals surface area (Å²) >= 11 is 0. The molecule has 1 saturated heterocycles. The molecule has 0 saturated carbocycles. The molecular weight excluding hydrogens is 193 g/mol. The second-order valence-electron chi connectivity index (χ2n) is 3.87. The van der Waals surface area contributed by atoms with Gasteiger partial charge >= 0.3 is 0 Å². The highest BCUT2D eigenvalue weighted by atomic mass is 19.1. The van der Waals surface area contributed by atoms with Gasteiger partial charge in [-0.1, -0.05) is 30.3 Å². The predicted octanol–water partition coefficient (Wildman–Crippen LogP) is 1.86. The van der Waals surface area contributed by atoms with E-state index in [1.807, 2.05) is 18.2 Å². The van der Waals surface area contributed by atoms with Gasteiger partial charge in [0.05, 0.1) is 12.7 Å². The Morgan fingerprint density at radius 1 is 1.27 bits per heavy atom. The minimum atomic E-state index is -0.259. The number of nitrogens with zero attached hydrogens (tertiary/aromatic N) is 1. The molecule has 0 aliphatic carbocycles. The van der Waals surface area contributed by atoms with Crippen LogP contribution in [0.15, 0.2) is 30.3 Å². The van der Waals surface area contributed by atoms with Crippen molar-refractivity contribution in [2.45, 2.75) is 12.7 Å². The molecule has 0 radical (unpaired) electrons. The zero-order chi connectivity index (χ0) is 10.5. The van der Waals surface area contributed by atoms with E-state index in [9.17, 15) is 4.39 Å². The Hall–Kier alpha value is -0.930. The summed E-state index contributed by atoms with van der Waals surface area (Å²) in [4.78, 5) is 2.07. The highest BCUT2D eigenvalue weighted by Gasteiger charge is 2.26. The summed E-state index contributed by atoms with van der Waals surface area (Å²) in [6.45, 7) is 2.69. The lowest BCUT2D eigenvalue weighted by Gasteiger charge is -2.38. The van der Waals surface area contributed by atoms with Crippen LogP contribution in [-0.2, 0) is 11.3 Å². The molecule has 1 aromatic carbocycles. The summed E-state index contributed by atoms with van der Waals surface area (Å²) in [5.74, 6) is 0. The fourth-order valence-electron chi connectivity index (χ4n) is 1.72. The van der Waals surface area contributed by atoms with Crippen molar-refractivity contribution in [2.24, 2.45) is 0 Å². The van der Waals surface area contributed by atoms with Gasteiger partial charge < -0.3 is 4.74 Å². The quantitative estimate of drug-likeness (QED) is 0.734. The van der Waals surface area contributed by atoms with E-state index in [2.05, 4.69) is 17.0 Å². The van der Waals surface area contributed by atoms with Gasteiger partial charge in [0.2, 0.25) is 0 Å². The van der Waals surface area contributed by atoms with E-state index in [-0.39, 0.29) is 12.8 Å². The molecule has 2 rings (SSSR count). The molecule has 1 aliphatic heterocycles. The lowest BCUT2D eigenvalue weighted by molar-refractivity contribution is -0.0636. The maximum Gasteiger partial charge on any atom is 0.102 e. The normalized spacial score (nSPS) is 17.7. The molecule has 1 aromatic rings. The molecule has 0 atom stereocenters. The molecule has 0 amide bonds. The molecule has 1 fully saturated rings. The lowest BCUT2D eigenvalue weighted by atomic mass is 10.1. The van der Waals surface area contributed by atoms with Crippen molar-refractivity contribution in [1.82, 2.24) is 4.90 Å². The van der Waals surface area contributed by atoms with Gasteiger partial charge in [-0.25, -0.2) is 4.39 Å². The van der Waals surface area contributed by atoms with Crippen molar-refractivity contribution in [3.63, 3.8) is 0 Å². The van der Waals surface area contributed by atoms with Crippen molar-refractivity contribution in [3.05, 3.63) is 35.9 Å². The summed E-state index contributed by atoms with van der Waals surface area (Å²) in [5.41, 5.74) is 1.20. The van der Waals surface area contributed by atoms with Crippen LogP contribution in [0.3, 0.4) is 0 Å². The van der Waals surface area contributed by atoms with Crippen LogP contribution in [0.1, 0.15) is 5.56 Å². The predicted molar refractivity (Wildman–Crippen MR) is 57.4 cm³/mol. The SMILES string of the molecule is FCCN1CC(OCc2ccccc2)C1. The van der Waals surface area contributed by atoms with E-state index in [4.69, 9.17) is 4.74 Å². The molecule has 2 nitrogen and oxygen atoms in total. The first-order valence-electron chi connectivity index (χ1n) is 5.32. The summed E-state index contributed by atoms with van der Waals surface area (Å²) in [6.07, 6.45) is 0.289. The van der Waals surface area contributed by atoms with E-state index in [0.717, 1.165) is 13.1 Å². The lowest BCUT2D eigenvalue weighted by Crippen LogP contribution is -2.52. The monoisotopic (exact) mass is 209 g/mol. The van der Waals surface area contributed by atoms with Crippen molar-refractivity contribution < 1.29 is 9.13 Å². The standard InChI is InChI=1S/C12H16FNO/c13-6-7-14-8-12(9-14)15-10-11-4-2-1-3-5-11/h1-5,12H,6-10H2. The number of rotatable bonds is 5. The number of hydrogen-bond donors (Lipinski definition) is 0. The minimum absolute atomic E-state index is 0.259. The fourth-order valence-corrected chi connectivity index (χ4v) is 1.72. The van der Waals surface area contributed by atoms with Crippen molar-refractivity contribution >= 4 is 0 Å². The highest BCUT2D eigenvalue weighted by molar-refractivity contribution is 5.13. The molecular formula is C12H16FNO. The van der Waals surface area contributed by atoms with E-state index in [1.165, 1.54) is 5.56 Å². The van der Waals surface area contributed by atoms with Crippen LogP contribution in [0.5, 0.6) is 0 Å². The Balaban J connectivity index is 1.64. The number of halogens is 1. The highest BCUT2D eigenvalue weighted by Crippen LogP contribution is 2.13. The number of likely N-dealkylation sites (tertiary alicyclic amines) is 1. The Kier molecular flexibility index (Phi) is 3.69. The third-order valence-corrected chi connectivity index (χ3v) is 2.65. The average molecular weight is 209 g/mol. The number of ether oxygens (including phenoxy) is 1. The maximum absolute atomic E-state index is 12.0. The molecule has 15 heavy (non-hydrogen) atoms. The number of alkyl halides is 1. The van der Waals surface area contributed by atoms with E-state index < -0.39 is 0 Å². The van der Waals surface area contributed by atoms with Gasteiger partial charge in [0, 0.05) is 19.6 Å². The fraction of sp³-hybridized carbons (Fsp3) is 0.500. The second-order valence-corrected chi connectivity index (χ2v) is 3.87. The van der Waals surface area contributed by atoms with Crippen molar-refractivity contribution in [1.29, 1.82) is 0 Å². The smallest absolute Gasteiger partial charge is 0.102 e. The van der Waals surface area contributed by atoms with Gasteiger partial charge in [-0.2, -0.15) is 0 Å². The summed E-state index contributed by atoms with van der Waals surface area (Å²) in [7, 11) is 0. The van der Waals surface area contributed by atoms with Crippen LogP contribution >= 0.6 is 0 Å². The van der Waals surface area contributed by atoms with Crippen LogP contribution in [0.2, 0.25) is 0 Å². The van der Waals surface area contributed by atoms with Gasteiger partial charge in [-0.05, 0) is 5.56 Å². The van der Waals surface area contributed by atoms with Crippen LogP contribution in [0.25, 0.3) is 0 Å². The summed E-state index contributed by atoms with van der Waals surface area (Å²) in [5, 5.41) is 0. The molecule has 1 heterocycles. The maximum atomic E-state index is 12.0. The number of hydrogen-bond acceptors (Lipinski definition) is 2. The molecule has 0 bridgehead atoms. The minimum Gasteiger partial charge on any atom is -0.371 e. The van der Waals surface area contributed by atoms with Gasteiger partial charge in [-0.3, -0.25) is 4.90 Å². The van der Waals surface area contributed by atoms with Crippen molar-refractivity contribution in [2.75, 3.05) is 26.3 Å². The molecule has 0 aromatic heterocycles. The molecule has 0 unspecified atom stereocenters. The summed E-state index contributed by atoms with van der Waals surface area (Å²) in [6, 6.07) is 10.1. The zero-order valence-corrected chi connectivity index (χ0v) is 8.73. The van der Waals surface area contributed by atoms with E-state index >= 15 is 0 Å². The molecule has 3 heteroatoms. The first-order chi connectivity index (χ1) is 7.38. The Morgan fingerprint density at radius 2 is 2.00 bits per heavy atom. The van der Waals surface area contributed by atoms with Gasteiger partial charge in [-0.15, -0.1) is 0 Å². The van der Waals surface area contributed by atoms with Crippen molar-refractivity contribution in [3.8, 4) is 0 Å². The Bertz CT molecular complexity index is 285. The first-order valence-corrected chi connectivity index (χ1v) is 5.32. The van der Waals surface area contributed by atoms with E-state index in [0.29, 0.717) is 13.2 Å². The summed E-state index contributed by atoms with van der Waals surface area (Å²) < 4.78 is 17.6. The largest absolute Gasteiger partial charge is 0.371 e. The number of benzene rings is 1. The van der Waals surface area contributed by atoms with Crippen LogP contribution in [-0.4, -0.2) is 37.3 Å². The first kappa shape index (κ1) is 10.6. The van der Waals surface area contributed by atoms with Gasteiger partial charge in [0.25, 0.3) is 0 Å². The van der Waals surface area contributed by atoms with Gasteiger partial charge in [0.15, 0.2) is 0 Å². The third-order valence-electron chi connectivity index (χ3n) is 2.65.